The summed E-state index contributed by atoms with van der Waals surface area (Å²) in [6, 6.07) is 20.8. The van der Waals surface area contributed by atoms with Gasteiger partial charge in [0.05, 0.1) is 12.2 Å². The standard InChI is InChI=1S/C44H54F3N9O5.C6H6/c45-44(46,47)35-24-49-42(52-39(35)56-16-1-21-61-56)50-37-10-6-31(23-48-37)30-12-17-53(18-13-30)25-28-2-4-29(5-3-28)26-54-19-14-43(60,15-20-54)33-7-8-34-32(22-33)27-55(41(34)59)36-9-11-38(57)51-40(36)58;1-2-4-6-5-3-1/h6-8,10,22-24,28-30,36,60H,1-5,9,11-21,25-27H2,(H,51,57,58)(H,48,49,50,52);1-6H. The molecule has 1 unspecified atom stereocenters. The summed E-state index contributed by atoms with van der Waals surface area (Å²) >= 11 is 0. The highest BCUT2D eigenvalue weighted by molar-refractivity contribution is 6.05. The number of nitrogens with one attached hydrogen (secondary N) is 2. The van der Waals surface area contributed by atoms with E-state index >= 15 is 0 Å². The van der Waals surface area contributed by atoms with Crippen molar-refractivity contribution >= 4 is 35.3 Å². The number of hydrogen-bond donors (Lipinski definition) is 3. The van der Waals surface area contributed by atoms with Crippen molar-refractivity contribution in [2.24, 2.45) is 11.8 Å². The van der Waals surface area contributed by atoms with Crippen LogP contribution in [0.15, 0.2) is 79.1 Å². The van der Waals surface area contributed by atoms with Gasteiger partial charge < -0.3 is 25.1 Å². The quantitative estimate of drug-likeness (QED) is 0.138. The summed E-state index contributed by atoms with van der Waals surface area (Å²) in [6.07, 6.45) is 7.47. The zero-order chi connectivity index (χ0) is 46.5. The highest BCUT2D eigenvalue weighted by Crippen LogP contribution is 2.40. The van der Waals surface area contributed by atoms with Crippen LogP contribution in [0.25, 0.3) is 0 Å². The fourth-order valence-electron chi connectivity index (χ4n) is 10.7. The zero-order valence-electron chi connectivity index (χ0n) is 37.8. The molecule has 5 aliphatic heterocycles. The lowest BCUT2D eigenvalue weighted by Gasteiger charge is -2.41. The maximum Gasteiger partial charge on any atom is 0.421 e. The van der Waals surface area contributed by atoms with Crippen LogP contribution in [0.1, 0.15) is 109 Å². The van der Waals surface area contributed by atoms with Crippen LogP contribution in [-0.4, -0.2) is 111 Å². The average Bonchev–Trinajstić information content (AvgIpc) is 4.00. The minimum Gasteiger partial charge on any atom is -0.385 e. The maximum atomic E-state index is 13.6. The summed E-state index contributed by atoms with van der Waals surface area (Å²) in [5, 5.41) is 18.3. The summed E-state index contributed by atoms with van der Waals surface area (Å²) in [4.78, 5) is 61.9. The van der Waals surface area contributed by atoms with Crippen molar-refractivity contribution < 1.29 is 37.5 Å². The van der Waals surface area contributed by atoms with Crippen LogP contribution in [0, 0.1) is 11.8 Å². The number of likely N-dealkylation sites (tertiary alicyclic amines) is 2. The number of imide groups is 1. The Bertz CT molecular complexity index is 2320. The molecule has 5 fully saturated rings. The first-order valence-corrected chi connectivity index (χ1v) is 23.9. The number of carbonyl (C=O) groups excluding carboxylic acids is 3. The Morgan fingerprint density at radius 2 is 1.48 bits per heavy atom. The number of benzene rings is 2. The van der Waals surface area contributed by atoms with E-state index in [0.717, 1.165) is 75.0 Å². The second-order valence-corrected chi connectivity index (χ2v) is 19.0. The Balaban J connectivity index is 0.000000870. The van der Waals surface area contributed by atoms with Gasteiger partial charge in [0.25, 0.3) is 5.91 Å². The molecule has 2 aromatic carbocycles. The number of piperidine rings is 3. The number of nitrogens with zero attached hydrogens (tertiary/aromatic N) is 7. The number of halogens is 3. The summed E-state index contributed by atoms with van der Waals surface area (Å²) in [7, 11) is 0. The third-order valence-corrected chi connectivity index (χ3v) is 14.6. The van der Waals surface area contributed by atoms with Crippen molar-refractivity contribution in [2.75, 3.05) is 62.8 Å². The fourth-order valence-corrected chi connectivity index (χ4v) is 10.7. The van der Waals surface area contributed by atoms with E-state index in [9.17, 15) is 32.7 Å². The molecule has 3 N–H and O–H groups in total. The topological polar surface area (TPSA) is 156 Å². The molecule has 1 saturated carbocycles. The van der Waals surface area contributed by atoms with Gasteiger partial charge in [0.15, 0.2) is 5.82 Å². The molecule has 0 radical (unpaired) electrons. The van der Waals surface area contributed by atoms with E-state index < -0.39 is 29.3 Å². The Morgan fingerprint density at radius 3 is 2.07 bits per heavy atom. The van der Waals surface area contributed by atoms with Gasteiger partial charge in [-0.1, -0.05) is 54.6 Å². The number of aliphatic hydroxyl groups is 1. The molecular weight excluding hydrogens is 864 g/mol. The molecule has 2 aromatic heterocycles. The lowest BCUT2D eigenvalue weighted by atomic mass is 9.80. The molecular formula is C50H60F3N9O5. The second kappa shape index (κ2) is 20.4. The highest BCUT2D eigenvalue weighted by atomic mass is 19.4. The van der Waals surface area contributed by atoms with Crippen LogP contribution in [0.4, 0.5) is 30.8 Å². The number of hydrogen-bond acceptors (Lipinski definition) is 12. The summed E-state index contributed by atoms with van der Waals surface area (Å²) in [5.41, 5.74) is 1.47. The Hall–Kier alpha value is -5.49. The molecule has 14 nitrogen and oxygen atoms in total. The lowest BCUT2D eigenvalue weighted by Crippen LogP contribution is -2.52. The summed E-state index contributed by atoms with van der Waals surface area (Å²) < 4.78 is 40.9. The van der Waals surface area contributed by atoms with E-state index in [2.05, 4.69) is 35.4 Å². The number of alkyl halides is 3. The number of hydroxylamine groups is 1. The van der Waals surface area contributed by atoms with Gasteiger partial charge in [-0.3, -0.25) is 24.5 Å². The SMILES string of the molecule is O=C1CCC(N2Cc3cc(C4(O)CCN(CC5CCC(CN6CCC(c7ccc(Nc8ncc(C(F)(F)F)c(N9CCCO9)n8)nc7)CC6)CC5)CC4)ccc3C2=O)C(=O)N1.c1ccccc1. The molecule has 1 atom stereocenters. The van der Waals surface area contributed by atoms with Crippen LogP contribution >= 0.6 is 0 Å². The van der Waals surface area contributed by atoms with Crippen molar-refractivity contribution in [2.45, 2.75) is 101 Å². The minimum atomic E-state index is -4.60. The molecule has 7 heterocycles. The van der Waals surface area contributed by atoms with Crippen LogP contribution in [0.5, 0.6) is 0 Å². The summed E-state index contributed by atoms with van der Waals surface area (Å²) in [5.74, 6) is 1.02. The Morgan fingerprint density at radius 1 is 0.806 bits per heavy atom. The van der Waals surface area contributed by atoms with Gasteiger partial charge in [0.2, 0.25) is 17.8 Å². The van der Waals surface area contributed by atoms with E-state index in [-0.39, 0.29) is 30.0 Å². The first-order valence-electron chi connectivity index (χ1n) is 23.9. The predicted molar refractivity (Wildman–Crippen MR) is 245 cm³/mol. The first-order chi connectivity index (χ1) is 32.4. The molecule has 0 bridgehead atoms. The molecule has 17 heteroatoms. The van der Waals surface area contributed by atoms with Crippen LogP contribution in [-0.2, 0) is 32.7 Å². The van der Waals surface area contributed by atoms with Crippen LogP contribution < -0.4 is 15.7 Å². The highest BCUT2D eigenvalue weighted by Gasteiger charge is 2.42. The molecule has 10 rings (SSSR count). The number of carbonyl (C=O) groups is 3. The molecule has 4 saturated heterocycles. The van der Waals surface area contributed by atoms with Gasteiger partial charge in [-0.15, -0.1) is 0 Å². The van der Waals surface area contributed by atoms with Gasteiger partial charge in [0, 0.05) is 63.6 Å². The third kappa shape index (κ3) is 11.1. The number of pyridine rings is 1. The molecule has 67 heavy (non-hydrogen) atoms. The smallest absolute Gasteiger partial charge is 0.385 e. The monoisotopic (exact) mass is 923 g/mol. The molecule has 6 aliphatic rings. The zero-order valence-corrected chi connectivity index (χ0v) is 37.8. The second-order valence-electron chi connectivity index (χ2n) is 19.0. The van der Waals surface area contributed by atoms with Gasteiger partial charge in [-0.25, -0.2) is 15.0 Å². The van der Waals surface area contributed by atoms with Gasteiger partial charge in [-0.2, -0.15) is 18.2 Å². The average molecular weight is 924 g/mol. The summed E-state index contributed by atoms with van der Waals surface area (Å²) in [6.45, 7) is 6.88. The van der Waals surface area contributed by atoms with E-state index in [0.29, 0.717) is 74.5 Å². The molecule has 356 valence electrons. The molecule has 3 amide bonds. The number of fused-ring (bicyclic) bond motifs is 1. The van der Waals surface area contributed by atoms with Crippen molar-refractivity contribution in [1.82, 2.24) is 35.0 Å². The number of rotatable bonds is 10. The van der Waals surface area contributed by atoms with E-state index in [4.69, 9.17) is 4.84 Å². The van der Waals surface area contributed by atoms with Gasteiger partial charge >= 0.3 is 6.18 Å². The number of anilines is 3. The maximum absolute atomic E-state index is 13.6. The van der Waals surface area contributed by atoms with Gasteiger partial charge in [-0.05, 0) is 124 Å². The Kier molecular flexibility index (Phi) is 14.2. The number of aromatic nitrogens is 3. The van der Waals surface area contributed by atoms with Crippen molar-refractivity contribution in [1.29, 1.82) is 0 Å². The molecule has 0 spiro atoms. The van der Waals surface area contributed by atoms with E-state index in [1.807, 2.05) is 66.9 Å². The minimum absolute atomic E-state index is 0.0258. The van der Waals surface area contributed by atoms with Crippen LogP contribution in [0.2, 0.25) is 0 Å². The van der Waals surface area contributed by atoms with Crippen molar-refractivity contribution in [3.8, 4) is 0 Å². The van der Waals surface area contributed by atoms with Gasteiger partial charge in [0.1, 0.15) is 17.4 Å². The lowest BCUT2D eigenvalue weighted by molar-refractivity contribution is -0.138. The van der Waals surface area contributed by atoms with Crippen LogP contribution in [0.3, 0.4) is 0 Å². The largest absolute Gasteiger partial charge is 0.421 e. The molecule has 1 aliphatic carbocycles. The third-order valence-electron chi connectivity index (χ3n) is 14.6. The normalized spacial score (nSPS) is 23.9. The first kappa shape index (κ1) is 46.6. The predicted octanol–water partition coefficient (Wildman–Crippen LogP) is 7.19. The molecule has 4 aromatic rings. The van der Waals surface area contributed by atoms with Crippen molar-refractivity contribution in [3.05, 3.63) is 107 Å². The Labute approximate surface area is 389 Å². The van der Waals surface area contributed by atoms with Crippen molar-refractivity contribution in [3.63, 3.8) is 0 Å². The van der Waals surface area contributed by atoms with E-state index in [1.54, 1.807) is 11.0 Å². The number of amides is 3. The van der Waals surface area contributed by atoms with E-state index in [1.165, 1.54) is 30.7 Å². The fraction of sp³-hybridized carbons (Fsp3) is 0.520.